The summed E-state index contributed by atoms with van der Waals surface area (Å²) >= 11 is 0. The molecule has 342 valence electrons. The van der Waals surface area contributed by atoms with Gasteiger partial charge in [0.05, 0.1) is 18.8 Å². The predicted molar refractivity (Wildman–Crippen MR) is 247 cm³/mol. The van der Waals surface area contributed by atoms with Crippen LogP contribution in [-0.2, 0) is 4.79 Å². The molecule has 0 saturated heterocycles. The summed E-state index contributed by atoms with van der Waals surface area (Å²) in [6.07, 6.45) is 51.5. The van der Waals surface area contributed by atoms with Gasteiger partial charge < -0.3 is 25.7 Å². The van der Waals surface area contributed by atoms with E-state index in [1.807, 2.05) is 0 Å². The van der Waals surface area contributed by atoms with Crippen LogP contribution < -0.4 is 5.32 Å². The van der Waals surface area contributed by atoms with Crippen molar-refractivity contribution >= 4 is 5.91 Å². The number of rotatable bonds is 48. The van der Waals surface area contributed by atoms with Gasteiger partial charge in [0.2, 0.25) is 5.91 Å². The summed E-state index contributed by atoms with van der Waals surface area (Å²) in [6, 6.07) is -0.980. The van der Waals surface area contributed by atoms with Crippen LogP contribution in [0, 0.1) is 0 Å². The molecule has 0 aromatic heterocycles. The van der Waals surface area contributed by atoms with Crippen LogP contribution in [0.15, 0.2) is 0 Å². The molecule has 0 spiro atoms. The smallest absolute Gasteiger partial charge is 0.249 e. The van der Waals surface area contributed by atoms with Crippen molar-refractivity contribution in [3.8, 4) is 0 Å². The van der Waals surface area contributed by atoms with E-state index in [9.17, 15) is 25.2 Å². The van der Waals surface area contributed by atoms with E-state index in [1.54, 1.807) is 0 Å². The zero-order valence-electron chi connectivity index (χ0n) is 38.6. The highest BCUT2D eigenvalue weighted by molar-refractivity contribution is 5.80. The van der Waals surface area contributed by atoms with Gasteiger partial charge in [0.15, 0.2) is 0 Å². The molecule has 4 unspecified atom stereocenters. The summed E-state index contributed by atoms with van der Waals surface area (Å²) in [5.41, 5.74) is 0. The maximum atomic E-state index is 12.6. The summed E-state index contributed by atoms with van der Waals surface area (Å²) in [5, 5.41) is 43.9. The Labute approximate surface area is 356 Å². The average molecular weight is 810 g/mol. The van der Waals surface area contributed by atoms with E-state index in [4.69, 9.17) is 0 Å². The molecule has 0 fully saturated rings. The molecule has 0 rings (SSSR count). The average Bonchev–Trinajstić information content (AvgIpc) is 3.22. The largest absolute Gasteiger partial charge is 0.394 e. The summed E-state index contributed by atoms with van der Waals surface area (Å²) in [6.45, 7) is 4.09. The van der Waals surface area contributed by atoms with Crippen molar-refractivity contribution in [1.82, 2.24) is 5.32 Å². The molecule has 0 aromatic carbocycles. The second kappa shape index (κ2) is 46.4. The first-order valence-corrected chi connectivity index (χ1v) is 25.9. The standard InChI is InChI=1S/C51H103NO5/c1-3-5-7-9-11-13-15-17-19-21-23-24-25-26-27-29-30-32-34-36-38-40-42-44-48(54)50(56)47(46-53)52-51(57)49(55)45-43-41-39-37-35-33-31-28-22-20-18-16-14-12-10-8-6-4-2/h47-50,53-56H,3-46H2,1-2H3,(H,52,57). The Morgan fingerprint density at radius 1 is 0.368 bits per heavy atom. The molecule has 4 atom stereocenters. The fourth-order valence-corrected chi connectivity index (χ4v) is 8.47. The summed E-state index contributed by atoms with van der Waals surface area (Å²) < 4.78 is 0. The van der Waals surface area contributed by atoms with Gasteiger partial charge >= 0.3 is 0 Å². The minimum atomic E-state index is -1.25. The highest BCUT2D eigenvalue weighted by Gasteiger charge is 2.28. The van der Waals surface area contributed by atoms with Crippen molar-refractivity contribution < 1.29 is 25.2 Å². The minimum Gasteiger partial charge on any atom is -0.394 e. The van der Waals surface area contributed by atoms with Crippen molar-refractivity contribution in [1.29, 1.82) is 0 Å². The monoisotopic (exact) mass is 810 g/mol. The molecule has 0 aliphatic carbocycles. The fraction of sp³-hybridized carbons (Fsp3) is 0.980. The Kier molecular flexibility index (Phi) is 45.8. The first kappa shape index (κ1) is 56.3. The van der Waals surface area contributed by atoms with E-state index in [2.05, 4.69) is 19.2 Å². The van der Waals surface area contributed by atoms with Crippen molar-refractivity contribution in [3.63, 3.8) is 0 Å². The first-order valence-electron chi connectivity index (χ1n) is 25.9. The van der Waals surface area contributed by atoms with Crippen LogP contribution in [0.1, 0.15) is 290 Å². The van der Waals surface area contributed by atoms with Crippen molar-refractivity contribution in [2.24, 2.45) is 0 Å². The molecule has 0 radical (unpaired) electrons. The van der Waals surface area contributed by atoms with Gasteiger partial charge in [0.1, 0.15) is 12.2 Å². The van der Waals surface area contributed by atoms with Crippen LogP contribution >= 0.6 is 0 Å². The maximum absolute atomic E-state index is 12.6. The topological polar surface area (TPSA) is 110 Å². The predicted octanol–water partition coefficient (Wildman–Crippen LogP) is 14.4. The zero-order valence-corrected chi connectivity index (χ0v) is 38.6. The number of carbonyl (C=O) groups is 1. The maximum Gasteiger partial charge on any atom is 0.249 e. The van der Waals surface area contributed by atoms with Gasteiger partial charge in [0.25, 0.3) is 0 Å². The highest BCUT2D eigenvalue weighted by atomic mass is 16.3. The second-order valence-electron chi connectivity index (χ2n) is 18.2. The number of aliphatic hydroxyl groups excluding tert-OH is 4. The Morgan fingerprint density at radius 3 is 0.842 bits per heavy atom. The van der Waals surface area contributed by atoms with E-state index >= 15 is 0 Å². The lowest BCUT2D eigenvalue weighted by Crippen LogP contribution is -2.53. The number of hydrogen-bond acceptors (Lipinski definition) is 5. The SMILES string of the molecule is CCCCCCCCCCCCCCCCCCCCCCCCCC(O)C(O)C(CO)NC(=O)C(O)CCCCCCCCCCCCCCCCCCCC. The van der Waals surface area contributed by atoms with E-state index < -0.39 is 36.9 Å². The number of nitrogens with one attached hydrogen (secondary N) is 1. The van der Waals surface area contributed by atoms with Crippen LogP contribution in [0.5, 0.6) is 0 Å². The molecule has 0 heterocycles. The van der Waals surface area contributed by atoms with Crippen LogP contribution in [0.4, 0.5) is 0 Å². The Morgan fingerprint density at radius 2 is 0.596 bits per heavy atom. The minimum absolute atomic E-state index is 0.376. The lowest BCUT2D eigenvalue weighted by molar-refractivity contribution is -0.132. The Hall–Kier alpha value is -0.690. The van der Waals surface area contributed by atoms with Gasteiger partial charge in [-0.15, -0.1) is 0 Å². The van der Waals surface area contributed by atoms with E-state index in [0.29, 0.717) is 12.8 Å². The van der Waals surface area contributed by atoms with Gasteiger partial charge in [-0.05, 0) is 12.8 Å². The van der Waals surface area contributed by atoms with E-state index in [1.165, 1.54) is 225 Å². The first-order chi connectivity index (χ1) is 28.0. The molecule has 0 saturated carbocycles. The lowest BCUT2D eigenvalue weighted by atomic mass is 9.99. The van der Waals surface area contributed by atoms with Crippen LogP contribution in [-0.4, -0.2) is 57.3 Å². The van der Waals surface area contributed by atoms with E-state index in [0.717, 1.165) is 38.5 Å². The molecule has 0 aliphatic heterocycles. The third-order valence-corrected chi connectivity index (χ3v) is 12.6. The lowest BCUT2D eigenvalue weighted by Gasteiger charge is -2.27. The number of aliphatic hydroxyl groups is 4. The highest BCUT2D eigenvalue weighted by Crippen LogP contribution is 2.18. The Balaban J connectivity index is 3.62. The van der Waals surface area contributed by atoms with Gasteiger partial charge in [-0.3, -0.25) is 4.79 Å². The number of carbonyl (C=O) groups excluding carboxylic acids is 1. The van der Waals surface area contributed by atoms with Crippen LogP contribution in [0.3, 0.4) is 0 Å². The summed E-state index contributed by atoms with van der Waals surface area (Å²) in [7, 11) is 0. The van der Waals surface area contributed by atoms with Gasteiger partial charge in [-0.2, -0.15) is 0 Å². The van der Waals surface area contributed by atoms with Crippen LogP contribution in [0.2, 0.25) is 0 Å². The van der Waals surface area contributed by atoms with Gasteiger partial charge in [-0.1, -0.05) is 277 Å². The Bertz CT molecular complexity index is 781. The third kappa shape index (κ3) is 40.5. The normalized spacial score (nSPS) is 13.9. The number of amides is 1. The number of unbranched alkanes of at least 4 members (excludes halogenated alkanes) is 39. The molecular weight excluding hydrogens is 707 g/mol. The van der Waals surface area contributed by atoms with Crippen molar-refractivity contribution in [2.75, 3.05) is 6.61 Å². The molecule has 0 bridgehead atoms. The van der Waals surface area contributed by atoms with E-state index in [-0.39, 0.29) is 0 Å². The van der Waals surface area contributed by atoms with Crippen molar-refractivity contribution in [2.45, 2.75) is 314 Å². The third-order valence-electron chi connectivity index (χ3n) is 12.6. The molecule has 6 heteroatoms. The second-order valence-corrected chi connectivity index (χ2v) is 18.2. The summed E-state index contributed by atoms with van der Waals surface area (Å²) in [4.78, 5) is 12.6. The van der Waals surface area contributed by atoms with Crippen LogP contribution in [0.25, 0.3) is 0 Å². The molecular formula is C51H103NO5. The zero-order chi connectivity index (χ0) is 41.7. The molecule has 57 heavy (non-hydrogen) atoms. The molecule has 5 N–H and O–H groups in total. The quantitative estimate of drug-likeness (QED) is 0.0393. The molecule has 1 amide bonds. The fourth-order valence-electron chi connectivity index (χ4n) is 8.47. The van der Waals surface area contributed by atoms with Crippen molar-refractivity contribution in [3.05, 3.63) is 0 Å². The summed E-state index contributed by atoms with van der Waals surface area (Å²) in [5.74, 6) is -0.577. The molecule has 6 nitrogen and oxygen atoms in total. The van der Waals surface area contributed by atoms with Gasteiger partial charge in [0, 0.05) is 0 Å². The molecule has 0 aromatic rings. The molecule has 0 aliphatic rings. The number of hydrogen-bond donors (Lipinski definition) is 5. The van der Waals surface area contributed by atoms with Gasteiger partial charge in [-0.25, -0.2) is 0 Å².